The molecule has 0 saturated carbocycles. The van der Waals surface area contributed by atoms with E-state index in [0.717, 1.165) is 11.3 Å². The van der Waals surface area contributed by atoms with Crippen molar-refractivity contribution in [1.82, 2.24) is 24.3 Å². The van der Waals surface area contributed by atoms with Crippen LogP contribution < -0.4 is 10.1 Å². The van der Waals surface area contributed by atoms with E-state index in [1.54, 1.807) is 24.2 Å². The molecular weight excluding hydrogens is 443 g/mol. The number of hydrogen-bond acceptors (Lipinski definition) is 5. The molecule has 0 saturated heterocycles. The summed E-state index contributed by atoms with van der Waals surface area (Å²) in [6, 6.07) is 15.9. The standard InChI is InChI=1S/C24H20ClFN6O/c1-14-27-13-32(30-14)20-9-8-16(12-22(20)33-3)28-19-10-15(26)11-21-23(19)29-24(31(21)2)17-6-4-5-7-18(17)25/h4-13,28H,1-3H3. The molecule has 0 bridgehead atoms. The first kappa shape index (κ1) is 21.0. The molecule has 0 unspecified atom stereocenters. The quantitative estimate of drug-likeness (QED) is 0.364. The number of fused-ring (bicyclic) bond motifs is 1. The Kier molecular flexibility index (Phi) is 5.22. The second kappa shape index (κ2) is 8.22. The molecule has 3 aromatic carbocycles. The lowest BCUT2D eigenvalue weighted by atomic mass is 10.2. The van der Waals surface area contributed by atoms with E-state index in [-0.39, 0.29) is 5.82 Å². The Morgan fingerprint density at radius 3 is 2.64 bits per heavy atom. The highest BCUT2D eigenvalue weighted by molar-refractivity contribution is 6.33. The van der Waals surface area contributed by atoms with Gasteiger partial charge >= 0.3 is 0 Å². The van der Waals surface area contributed by atoms with Gasteiger partial charge in [0.15, 0.2) is 0 Å². The molecule has 9 heteroatoms. The minimum absolute atomic E-state index is 0.375. The Bertz CT molecular complexity index is 1490. The zero-order valence-corrected chi connectivity index (χ0v) is 18.9. The summed E-state index contributed by atoms with van der Waals surface area (Å²) >= 11 is 6.39. The van der Waals surface area contributed by atoms with E-state index in [0.29, 0.717) is 44.8 Å². The van der Waals surface area contributed by atoms with Crippen LogP contribution in [0.25, 0.3) is 28.1 Å². The molecule has 5 aromatic rings. The predicted octanol–water partition coefficient (Wildman–Crippen LogP) is 5.67. The van der Waals surface area contributed by atoms with Crippen molar-refractivity contribution >= 4 is 34.0 Å². The molecule has 0 aliphatic heterocycles. The highest BCUT2D eigenvalue weighted by Gasteiger charge is 2.17. The van der Waals surface area contributed by atoms with Gasteiger partial charge in [0.05, 0.1) is 23.3 Å². The number of hydrogen-bond donors (Lipinski definition) is 1. The maximum Gasteiger partial charge on any atom is 0.147 e. The number of benzene rings is 3. The first-order valence-corrected chi connectivity index (χ1v) is 10.6. The Morgan fingerprint density at radius 1 is 1.09 bits per heavy atom. The molecule has 0 aliphatic carbocycles. The molecule has 0 spiro atoms. The van der Waals surface area contributed by atoms with Gasteiger partial charge in [-0.2, -0.15) is 5.10 Å². The molecule has 1 N–H and O–H groups in total. The average molecular weight is 463 g/mol. The smallest absolute Gasteiger partial charge is 0.147 e. The largest absolute Gasteiger partial charge is 0.494 e. The number of aromatic nitrogens is 5. The SMILES string of the molecule is COc1cc(Nc2cc(F)cc3c2nc(-c2ccccc2Cl)n3C)ccc1-n1cnc(C)n1. The Labute approximate surface area is 194 Å². The zero-order valence-electron chi connectivity index (χ0n) is 18.2. The van der Waals surface area contributed by atoms with Crippen LogP contribution in [0.5, 0.6) is 5.75 Å². The van der Waals surface area contributed by atoms with Gasteiger partial charge in [-0.05, 0) is 43.3 Å². The number of ether oxygens (including phenoxy) is 1. The summed E-state index contributed by atoms with van der Waals surface area (Å²) in [6.45, 7) is 1.82. The molecule has 0 atom stereocenters. The maximum absolute atomic E-state index is 14.6. The molecule has 2 aromatic heterocycles. The predicted molar refractivity (Wildman–Crippen MR) is 127 cm³/mol. The molecule has 7 nitrogen and oxygen atoms in total. The van der Waals surface area contributed by atoms with Crippen LogP contribution in [0.15, 0.2) is 60.9 Å². The molecule has 166 valence electrons. The van der Waals surface area contributed by atoms with Crippen molar-refractivity contribution < 1.29 is 9.13 Å². The Hall–Kier alpha value is -3.91. The molecule has 33 heavy (non-hydrogen) atoms. The summed E-state index contributed by atoms with van der Waals surface area (Å²) in [6.07, 6.45) is 1.63. The summed E-state index contributed by atoms with van der Waals surface area (Å²) in [7, 11) is 3.43. The maximum atomic E-state index is 14.6. The third-order valence-corrected chi connectivity index (χ3v) is 5.71. The van der Waals surface area contributed by atoms with Crippen molar-refractivity contribution in [1.29, 1.82) is 0 Å². The van der Waals surface area contributed by atoms with Crippen molar-refractivity contribution in [3.05, 3.63) is 77.6 Å². The fourth-order valence-electron chi connectivity index (χ4n) is 3.79. The van der Waals surface area contributed by atoms with Crippen molar-refractivity contribution in [2.45, 2.75) is 6.92 Å². The summed E-state index contributed by atoms with van der Waals surface area (Å²) in [5, 5.41) is 8.19. The van der Waals surface area contributed by atoms with E-state index in [2.05, 4.69) is 15.4 Å². The summed E-state index contributed by atoms with van der Waals surface area (Å²) < 4.78 is 23.6. The van der Waals surface area contributed by atoms with Crippen molar-refractivity contribution in [3.8, 4) is 22.8 Å². The molecular formula is C24H20ClFN6O. The van der Waals surface area contributed by atoms with E-state index in [9.17, 15) is 4.39 Å². The summed E-state index contributed by atoms with van der Waals surface area (Å²) in [4.78, 5) is 8.95. The monoisotopic (exact) mass is 462 g/mol. The topological polar surface area (TPSA) is 69.8 Å². The molecule has 5 rings (SSSR count). The third kappa shape index (κ3) is 3.78. The number of imidazole rings is 1. The van der Waals surface area contributed by atoms with Crippen LogP contribution in [0.3, 0.4) is 0 Å². The van der Waals surface area contributed by atoms with Gasteiger partial charge in [-0.1, -0.05) is 23.7 Å². The van der Waals surface area contributed by atoms with E-state index in [4.69, 9.17) is 21.3 Å². The molecule has 0 amide bonds. The van der Waals surface area contributed by atoms with Crippen LogP contribution in [0.2, 0.25) is 5.02 Å². The van der Waals surface area contributed by atoms with Crippen molar-refractivity contribution in [2.75, 3.05) is 12.4 Å². The minimum Gasteiger partial charge on any atom is -0.494 e. The van der Waals surface area contributed by atoms with Gasteiger partial charge in [-0.25, -0.2) is 19.0 Å². The van der Waals surface area contributed by atoms with Gasteiger partial charge in [-0.15, -0.1) is 0 Å². The zero-order chi connectivity index (χ0) is 23.1. The van der Waals surface area contributed by atoms with Crippen LogP contribution in [-0.2, 0) is 7.05 Å². The second-order valence-corrected chi connectivity index (χ2v) is 7.95. The lowest BCUT2D eigenvalue weighted by molar-refractivity contribution is 0.412. The first-order valence-electron chi connectivity index (χ1n) is 10.2. The van der Waals surface area contributed by atoms with E-state index < -0.39 is 0 Å². The van der Waals surface area contributed by atoms with Gasteiger partial charge in [0.25, 0.3) is 0 Å². The van der Waals surface area contributed by atoms with Crippen LogP contribution in [-0.4, -0.2) is 31.4 Å². The Balaban J connectivity index is 1.58. The third-order valence-electron chi connectivity index (χ3n) is 5.38. The van der Waals surface area contributed by atoms with Gasteiger partial charge in [0, 0.05) is 24.4 Å². The van der Waals surface area contributed by atoms with Crippen molar-refractivity contribution in [2.24, 2.45) is 7.05 Å². The lowest BCUT2D eigenvalue weighted by Crippen LogP contribution is -2.00. The number of anilines is 2. The number of halogens is 2. The van der Waals surface area contributed by atoms with Crippen LogP contribution in [0, 0.1) is 12.7 Å². The highest BCUT2D eigenvalue weighted by Crippen LogP contribution is 2.35. The normalized spacial score (nSPS) is 11.2. The lowest BCUT2D eigenvalue weighted by Gasteiger charge is -2.12. The summed E-state index contributed by atoms with van der Waals surface area (Å²) in [5.74, 6) is 1.53. The second-order valence-electron chi connectivity index (χ2n) is 7.54. The Morgan fingerprint density at radius 2 is 1.91 bits per heavy atom. The minimum atomic E-state index is -0.375. The average Bonchev–Trinajstić information content (AvgIpc) is 3.37. The number of nitrogens with zero attached hydrogens (tertiary/aromatic N) is 5. The van der Waals surface area contributed by atoms with Crippen molar-refractivity contribution in [3.63, 3.8) is 0 Å². The van der Waals surface area contributed by atoms with E-state index in [1.807, 2.05) is 54.9 Å². The highest BCUT2D eigenvalue weighted by atomic mass is 35.5. The fourth-order valence-corrected chi connectivity index (χ4v) is 4.01. The van der Waals surface area contributed by atoms with Crippen LogP contribution >= 0.6 is 11.6 Å². The van der Waals surface area contributed by atoms with Gasteiger partial charge in [0.2, 0.25) is 0 Å². The van der Waals surface area contributed by atoms with E-state index in [1.165, 1.54) is 12.1 Å². The first-order chi connectivity index (χ1) is 15.9. The number of aryl methyl sites for hydroxylation is 2. The van der Waals surface area contributed by atoms with Crippen LogP contribution in [0.4, 0.5) is 15.8 Å². The van der Waals surface area contributed by atoms with E-state index >= 15 is 0 Å². The summed E-state index contributed by atoms with van der Waals surface area (Å²) in [5.41, 5.74) is 4.04. The van der Waals surface area contributed by atoms with Gasteiger partial charge in [0.1, 0.15) is 40.7 Å². The molecule has 2 heterocycles. The number of nitrogens with one attached hydrogen (secondary N) is 1. The molecule has 0 radical (unpaired) electrons. The van der Waals surface area contributed by atoms with Crippen LogP contribution in [0.1, 0.15) is 5.82 Å². The van der Waals surface area contributed by atoms with Gasteiger partial charge < -0.3 is 14.6 Å². The number of rotatable bonds is 5. The number of methoxy groups -OCH3 is 1. The molecule has 0 aliphatic rings. The fraction of sp³-hybridized carbons (Fsp3) is 0.125. The molecule has 0 fully saturated rings. The van der Waals surface area contributed by atoms with Gasteiger partial charge in [-0.3, -0.25) is 0 Å².